The Balaban J connectivity index is 2.24. The third-order valence-electron chi connectivity index (χ3n) is 3.21. The van der Waals surface area contributed by atoms with E-state index in [1.165, 1.54) is 8.19 Å². The fraction of sp³-hybridized carbons (Fsp3) is 0.545. The molecule has 0 aromatic carbocycles. The SMILES string of the molecule is CC1(C)OB(c2cccpc2)OC1(C)C. The molecule has 80 valence electrons. The first-order valence-electron chi connectivity index (χ1n) is 5.18. The summed E-state index contributed by atoms with van der Waals surface area (Å²) in [6, 6.07) is 4.10. The lowest BCUT2D eigenvalue weighted by atomic mass is 9.81. The van der Waals surface area contributed by atoms with Crippen LogP contribution in [0.15, 0.2) is 23.7 Å². The fourth-order valence-electron chi connectivity index (χ4n) is 1.49. The van der Waals surface area contributed by atoms with Crippen LogP contribution in [0.5, 0.6) is 0 Å². The molecule has 2 nitrogen and oxygen atoms in total. The van der Waals surface area contributed by atoms with Gasteiger partial charge in [0.2, 0.25) is 0 Å². The number of hydrogen-bond acceptors (Lipinski definition) is 2. The second-order valence-electron chi connectivity index (χ2n) is 4.87. The molecule has 0 spiro atoms. The molecule has 1 aromatic heterocycles. The first-order valence-corrected chi connectivity index (χ1v) is 6.21. The van der Waals surface area contributed by atoms with Gasteiger partial charge in [-0.25, -0.2) is 0 Å². The van der Waals surface area contributed by atoms with Crippen LogP contribution >= 0.6 is 8.19 Å². The van der Waals surface area contributed by atoms with Crippen molar-refractivity contribution >= 4 is 20.8 Å². The van der Waals surface area contributed by atoms with Gasteiger partial charge < -0.3 is 9.31 Å². The zero-order chi connectivity index (χ0) is 11.1. The van der Waals surface area contributed by atoms with E-state index < -0.39 is 0 Å². The zero-order valence-electron chi connectivity index (χ0n) is 9.65. The van der Waals surface area contributed by atoms with E-state index in [2.05, 4.69) is 45.4 Å². The molecule has 0 atom stereocenters. The predicted molar refractivity (Wildman–Crippen MR) is 64.7 cm³/mol. The Kier molecular flexibility index (Phi) is 2.66. The molecule has 15 heavy (non-hydrogen) atoms. The molecule has 1 aliphatic rings. The van der Waals surface area contributed by atoms with Crippen molar-refractivity contribution in [3.05, 3.63) is 23.7 Å². The summed E-state index contributed by atoms with van der Waals surface area (Å²) in [7, 11) is 0.982. The van der Waals surface area contributed by atoms with E-state index in [0.29, 0.717) is 0 Å². The highest BCUT2D eigenvalue weighted by molar-refractivity contribution is 7.28. The van der Waals surface area contributed by atoms with Crippen molar-refractivity contribution in [1.82, 2.24) is 0 Å². The Morgan fingerprint density at radius 1 is 1.13 bits per heavy atom. The Labute approximate surface area is 93.2 Å². The van der Waals surface area contributed by atoms with Gasteiger partial charge in [0, 0.05) is 0 Å². The van der Waals surface area contributed by atoms with E-state index in [1.807, 2.05) is 6.07 Å². The third-order valence-corrected chi connectivity index (χ3v) is 4.00. The molecule has 0 unspecified atom stereocenters. The minimum atomic E-state index is -0.246. The second-order valence-corrected chi connectivity index (χ2v) is 5.73. The summed E-state index contributed by atoms with van der Waals surface area (Å²) in [6.45, 7) is 8.29. The summed E-state index contributed by atoms with van der Waals surface area (Å²) in [5.41, 5.74) is 0.632. The van der Waals surface area contributed by atoms with Gasteiger partial charge in [-0.15, -0.1) is 0 Å². The highest BCUT2D eigenvalue weighted by atomic mass is 31.0. The molecule has 1 aliphatic heterocycles. The second kappa shape index (κ2) is 3.59. The average Bonchev–Trinajstić information content (AvgIpc) is 2.38. The first-order chi connectivity index (χ1) is 6.92. The molecule has 0 radical (unpaired) electrons. The van der Waals surface area contributed by atoms with Crippen molar-refractivity contribution in [3.63, 3.8) is 0 Å². The molecular weight excluding hydrogens is 206 g/mol. The summed E-state index contributed by atoms with van der Waals surface area (Å²) < 4.78 is 11.9. The first kappa shape index (κ1) is 11.1. The Hall–Kier alpha value is -0.365. The summed E-state index contributed by atoms with van der Waals surface area (Å²) in [6.07, 6.45) is 0. The molecule has 2 heterocycles. The van der Waals surface area contributed by atoms with Crippen LogP contribution < -0.4 is 5.46 Å². The fourth-order valence-corrected chi connectivity index (χ4v) is 2.15. The third kappa shape index (κ3) is 1.97. The van der Waals surface area contributed by atoms with E-state index in [1.54, 1.807) is 0 Å². The van der Waals surface area contributed by atoms with Crippen LogP contribution in [-0.4, -0.2) is 18.3 Å². The Morgan fingerprint density at radius 2 is 1.73 bits per heavy atom. The predicted octanol–water partition coefficient (Wildman–Crippen LogP) is 2.57. The van der Waals surface area contributed by atoms with Crippen molar-refractivity contribution in [1.29, 1.82) is 0 Å². The maximum absolute atomic E-state index is 5.94. The summed E-state index contributed by atoms with van der Waals surface area (Å²) >= 11 is 0. The standard InChI is InChI=1S/C11H16BO2P/c1-10(2)11(3,4)14-12(13-10)9-6-5-7-15-8-9/h5-8H,1-4H3. The quantitative estimate of drug-likeness (QED) is 0.679. The van der Waals surface area contributed by atoms with Gasteiger partial charge in [0.1, 0.15) is 0 Å². The molecule has 1 saturated heterocycles. The van der Waals surface area contributed by atoms with Crippen LogP contribution in [0.2, 0.25) is 0 Å². The molecule has 2 rings (SSSR count). The van der Waals surface area contributed by atoms with Crippen LogP contribution in [0.25, 0.3) is 0 Å². The monoisotopic (exact) mass is 222 g/mol. The van der Waals surface area contributed by atoms with Gasteiger partial charge >= 0.3 is 7.12 Å². The van der Waals surface area contributed by atoms with Crippen molar-refractivity contribution in [2.75, 3.05) is 0 Å². The lowest BCUT2D eigenvalue weighted by molar-refractivity contribution is 0.00578. The van der Waals surface area contributed by atoms with Gasteiger partial charge in [-0.2, -0.15) is 0 Å². The van der Waals surface area contributed by atoms with Gasteiger partial charge in [0.15, 0.2) is 0 Å². The number of rotatable bonds is 1. The normalized spacial score (nSPS) is 23.6. The largest absolute Gasteiger partial charge is 0.495 e. The minimum Gasteiger partial charge on any atom is -0.399 e. The lowest BCUT2D eigenvalue weighted by Gasteiger charge is -2.32. The highest BCUT2D eigenvalue weighted by Gasteiger charge is 2.51. The molecular formula is C11H16BO2P. The lowest BCUT2D eigenvalue weighted by Crippen LogP contribution is -2.41. The van der Waals surface area contributed by atoms with Crippen LogP contribution in [0.1, 0.15) is 27.7 Å². The van der Waals surface area contributed by atoms with E-state index >= 15 is 0 Å². The Bertz CT molecular complexity index is 335. The van der Waals surface area contributed by atoms with Crippen LogP contribution in [-0.2, 0) is 9.31 Å². The number of hydrogen-bond donors (Lipinski definition) is 0. The van der Waals surface area contributed by atoms with Crippen molar-refractivity contribution in [2.45, 2.75) is 38.9 Å². The van der Waals surface area contributed by atoms with Gasteiger partial charge in [-0.05, 0) is 44.8 Å². The zero-order valence-corrected chi connectivity index (χ0v) is 10.5. The highest BCUT2D eigenvalue weighted by Crippen LogP contribution is 2.36. The maximum atomic E-state index is 5.94. The van der Waals surface area contributed by atoms with Crippen molar-refractivity contribution in [3.8, 4) is 0 Å². The van der Waals surface area contributed by atoms with Crippen LogP contribution in [0, 0.1) is 0 Å². The summed E-state index contributed by atoms with van der Waals surface area (Å²) in [5, 5.41) is 0. The maximum Gasteiger partial charge on any atom is 0.495 e. The average molecular weight is 222 g/mol. The molecule has 1 fully saturated rings. The van der Waals surface area contributed by atoms with E-state index in [-0.39, 0.29) is 18.3 Å². The molecule has 0 bridgehead atoms. The van der Waals surface area contributed by atoms with Crippen LogP contribution in [0.3, 0.4) is 0 Å². The van der Waals surface area contributed by atoms with Crippen molar-refractivity contribution < 1.29 is 9.31 Å². The topological polar surface area (TPSA) is 18.5 Å². The van der Waals surface area contributed by atoms with E-state index in [9.17, 15) is 0 Å². The van der Waals surface area contributed by atoms with Crippen LogP contribution in [0.4, 0.5) is 0 Å². The van der Waals surface area contributed by atoms with Gasteiger partial charge in [0.25, 0.3) is 0 Å². The summed E-state index contributed by atoms with van der Waals surface area (Å²) in [5.74, 6) is 4.22. The molecule has 0 N–H and O–H groups in total. The van der Waals surface area contributed by atoms with Gasteiger partial charge in [-0.1, -0.05) is 20.3 Å². The molecule has 4 heteroatoms. The van der Waals surface area contributed by atoms with Gasteiger partial charge in [-0.3, -0.25) is 0 Å². The summed E-state index contributed by atoms with van der Waals surface area (Å²) in [4.78, 5) is 0. The Morgan fingerprint density at radius 3 is 2.20 bits per heavy atom. The molecule has 0 saturated carbocycles. The minimum absolute atomic E-state index is 0.215. The smallest absolute Gasteiger partial charge is 0.399 e. The van der Waals surface area contributed by atoms with E-state index in [0.717, 1.165) is 5.46 Å². The van der Waals surface area contributed by atoms with Crippen molar-refractivity contribution in [2.24, 2.45) is 0 Å². The molecule has 0 amide bonds. The molecule has 0 aliphatic carbocycles. The van der Waals surface area contributed by atoms with E-state index in [4.69, 9.17) is 9.31 Å². The van der Waals surface area contributed by atoms with Gasteiger partial charge in [0.05, 0.1) is 11.2 Å². The molecule has 1 aromatic rings.